The topological polar surface area (TPSA) is 33.8 Å². The summed E-state index contributed by atoms with van der Waals surface area (Å²) in [5.74, 6) is 1.07. The first kappa shape index (κ1) is 19.9. The Morgan fingerprint density at radius 3 is 2.50 bits per heavy atom. The summed E-state index contributed by atoms with van der Waals surface area (Å²) in [7, 11) is 4.09. The molecule has 0 radical (unpaired) electrons. The molecule has 142 valence electrons. The number of likely N-dealkylation sites (N-methyl/N-ethyl adjacent to an activating group) is 1. The summed E-state index contributed by atoms with van der Waals surface area (Å²) in [6.07, 6.45) is 7.24. The number of hydrogen-bond donors (Lipinski definition) is 2. The van der Waals surface area contributed by atoms with E-state index < -0.39 is 0 Å². The Morgan fingerprint density at radius 1 is 1.23 bits per heavy atom. The Bertz CT molecular complexity index is 604. The number of nitrogens with zero attached hydrogens (tertiary/aromatic N) is 3. The highest BCUT2D eigenvalue weighted by atomic mass is 15.5. The van der Waals surface area contributed by atoms with Crippen molar-refractivity contribution in [3.63, 3.8) is 0 Å². The molecular formula is C21H33N5. The molecule has 26 heavy (non-hydrogen) atoms. The van der Waals surface area contributed by atoms with Crippen molar-refractivity contribution in [2.75, 3.05) is 27.2 Å². The lowest BCUT2D eigenvalue weighted by molar-refractivity contribution is 0.172. The van der Waals surface area contributed by atoms with Crippen LogP contribution in [0.2, 0.25) is 0 Å². The summed E-state index contributed by atoms with van der Waals surface area (Å²) in [5.41, 5.74) is 5.56. The second kappa shape index (κ2) is 9.92. The number of rotatable bonds is 10. The average molecular weight is 356 g/mol. The zero-order valence-electron chi connectivity index (χ0n) is 16.4. The van der Waals surface area contributed by atoms with Gasteiger partial charge in [-0.05, 0) is 25.3 Å². The number of hydrazine groups is 1. The summed E-state index contributed by atoms with van der Waals surface area (Å²) < 4.78 is 0. The van der Waals surface area contributed by atoms with Crippen LogP contribution in [0, 0.1) is 0 Å². The second-order valence-corrected chi connectivity index (χ2v) is 6.77. The number of nitrogens with one attached hydrogen (secondary N) is 2. The lowest BCUT2D eigenvalue weighted by Gasteiger charge is -2.32. The molecule has 0 aromatic heterocycles. The Morgan fingerprint density at radius 2 is 1.88 bits per heavy atom. The van der Waals surface area contributed by atoms with Crippen LogP contribution in [-0.4, -0.2) is 48.2 Å². The van der Waals surface area contributed by atoms with Gasteiger partial charge in [-0.2, -0.15) is 0 Å². The van der Waals surface area contributed by atoms with Crippen LogP contribution < -0.4 is 10.7 Å². The van der Waals surface area contributed by atoms with Gasteiger partial charge in [0.2, 0.25) is 0 Å². The number of allylic oxidation sites excluding steroid dienone is 1. The van der Waals surface area contributed by atoms with Crippen LogP contribution in [0.5, 0.6) is 0 Å². The largest absolute Gasteiger partial charge is 0.373 e. The summed E-state index contributed by atoms with van der Waals surface area (Å²) in [6, 6.07) is 10.5. The molecule has 0 bridgehead atoms. The SMILES string of the molecule is C=CNN(C)C(Cc1ccccc1)N/C=C(\C)N(C)C(=C)N1CCCC1. The van der Waals surface area contributed by atoms with Crippen LogP contribution in [-0.2, 0) is 6.42 Å². The first-order valence-corrected chi connectivity index (χ1v) is 9.27. The van der Waals surface area contributed by atoms with Crippen molar-refractivity contribution in [2.45, 2.75) is 32.4 Å². The molecule has 1 heterocycles. The van der Waals surface area contributed by atoms with E-state index in [4.69, 9.17) is 0 Å². The predicted molar refractivity (Wildman–Crippen MR) is 110 cm³/mol. The van der Waals surface area contributed by atoms with Crippen molar-refractivity contribution in [3.8, 4) is 0 Å². The fourth-order valence-electron chi connectivity index (χ4n) is 3.08. The Labute approximate surface area is 158 Å². The Balaban J connectivity index is 2.02. The number of hydrogen-bond acceptors (Lipinski definition) is 5. The summed E-state index contributed by atoms with van der Waals surface area (Å²) >= 11 is 0. The normalized spacial score (nSPS) is 15.7. The van der Waals surface area contributed by atoms with Gasteiger partial charge in [-0.1, -0.05) is 43.5 Å². The third-order valence-corrected chi connectivity index (χ3v) is 4.91. The molecule has 1 atom stereocenters. The summed E-state index contributed by atoms with van der Waals surface area (Å²) in [6.45, 7) is 12.3. The predicted octanol–water partition coefficient (Wildman–Crippen LogP) is 3.08. The van der Waals surface area contributed by atoms with Gasteiger partial charge in [-0.25, -0.2) is 5.01 Å². The van der Waals surface area contributed by atoms with Crippen LogP contribution in [0.15, 0.2) is 67.4 Å². The van der Waals surface area contributed by atoms with E-state index in [1.807, 2.05) is 18.1 Å². The van der Waals surface area contributed by atoms with Crippen LogP contribution >= 0.6 is 0 Å². The summed E-state index contributed by atoms with van der Waals surface area (Å²) in [5, 5.41) is 5.56. The fourth-order valence-corrected chi connectivity index (χ4v) is 3.08. The molecule has 1 saturated heterocycles. The molecule has 5 nitrogen and oxygen atoms in total. The molecule has 1 fully saturated rings. The molecule has 5 heteroatoms. The molecule has 1 aliphatic heterocycles. The standard InChI is InChI=1S/C21H33N5/c1-6-23-25(5)21(16-20-12-8-7-9-13-20)22-17-18(2)24(4)19(3)26-14-10-11-15-26/h6-9,12-13,17,21-23H,1,3,10-11,14-16H2,2,4-5H3/b18-17+. The van der Waals surface area contributed by atoms with E-state index in [1.165, 1.54) is 18.4 Å². The molecule has 1 aromatic rings. The van der Waals surface area contributed by atoms with E-state index in [0.717, 1.165) is 31.0 Å². The maximum Gasteiger partial charge on any atom is 0.100 e. The molecule has 0 aliphatic carbocycles. The molecule has 2 N–H and O–H groups in total. The van der Waals surface area contributed by atoms with E-state index in [1.54, 1.807) is 6.20 Å². The number of likely N-dealkylation sites (tertiary alicyclic amines) is 1. The third kappa shape index (κ3) is 5.56. The van der Waals surface area contributed by atoms with Crippen LogP contribution in [0.4, 0.5) is 0 Å². The van der Waals surface area contributed by atoms with Crippen LogP contribution in [0.25, 0.3) is 0 Å². The van der Waals surface area contributed by atoms with Gasteiger partial charge in [0.25, 0.3) is 0 Å². The Kier molecular flexibility index (Phi) is 7.60. The van der Waals surface area contributed by atoms with Gasteiger partial charge in [0.05, 0.1) is 0 Å². The van der Waals surface area contributed by atoms with Crippen molar-refractivity contribution >= 4 is 0 Å². The summed E-state index contributed by atoms with van der Waals surface area (Å²) in [4.78, 5) is 4.50. The van der Waals surface area contributed by atoms with Crippen LogP contribution in [0.3, 0.4) is 0 Å². The lowest BCUT2D eigenvalue weighted by atomic mass is 10.1. The highest BCUT2D eigenvalue weighted by Crippen LogP contribution is 2.18. The van der Waals surface area contributed by atoms with Crippen molar-refractivity contribution < 1.29 is 0 Å². The zero-order chi connectivity index (χ0) is 18.9. The average Bonchev–Trinajstić information content (AvgIpc) is 3.19. The minimum Gasteiger partial charge on any atom is -0.373 e. The van der Waals surface area contributed by atoms with Gasteiger partial charge in [0.15, 0.2) is 0 Å². The smallest absolute Gasteiger partial charge is 0.100 e. The van der Waals surface area contributed by atoms with Gasteiger partial charge in [-0.15, -0.1) is 0 Å². The minimum atomic E-state index is 0.0961. The zero-order valence-corrected chi connectivity index (χ0v) is 16.4. The van der Waals surface area contributed by atoms with Gasteiger partial charge in [-0.3, -0.25) is 0 Å². The van der Waals surface area contributed by atoms with Crippen molar-refractivity contribution in [2.24, 2.45) is 0 Å². The molecular weight excluding hydrogens is 322 g/mol. The van der Waals surface area contributed by atoms with E-state index in [0.29, 0.717) is 0 Å². The van der Waals surface area contributed by atoms with Gasteiger partial charge < -0.3 is 20.5 Å². The molecule has 1 aromatic carbocycles. The first-order valence-electron chi connectivity index (χ1n) is 9.27. The monoisotopic (exact) mass is 355 g/mol. The van der Waals surface area contributed by atoms with Gasteiger partial charge >= 0.3 is 0 Å². The number of benzene rings is 1. The maximum atomic E-state index is 4.26. The van der Waals surface area contributed by atoms with E-state index >= 15 is 0 Å². The van der Waals surface area contributed by atoms with E-state index in [2.05, 4.69) is 78.1 Å². The van der Waals surface area contributed by atoms with Gasteiger partial charge in [0, 0.05) is 51.7 Å². The highest BCUT2D eigenvalue weighted by Gasteiger charge is 2.17. The van der Waals surface area contributed by atoms with Gasteiger partial charge in [0.1, 0.15) is 12.0 Å². The fraction of sp³-hybridized carbons (Fsp3) is 0.429. The Hall–Kier alpha value is -2.40. The van der Waals surface area contributed by atoms with E-state index in [9.17, 15) is 0 Å². The second-order valence-electron chi connectivity index (χ2n) is 6.77. The maximum absolute atomic E-state index is 4.26. The van der Waals surface area contributed by atoms with E-state index in [-0.39, 0.29) is 6.17 Å². The highest BCUT2D eigenvalue weighted by molar-refractivity contribution is 5.16. The minimum absolute atomic E-state index is 0.0961. The molecule has 2 rings (SSSR count). The van der Waals surface area contributed by atoms with Crippen molar-refractivity contribution in [3.05, 3.63) is 73.0 Å². The molecule has 0 spiro atoms. The van der Waals surface area contributed by atoms with Crippen molar-refractivity contribution in [1.29, 1.82) is 0 Å². The van der Waals surface area contributed by atoms with Crippen LogP contribution in [0.1, 0.15) is 25.3 Å². The molecule has 0 saturated carbocycles. The van der Waals surface area contributed by atoms with Crippen molar-refractivity contribution in [1.82, 2.24) is 25.6 Å². The lowest BCUT2D eigenvalue weighted by Crippen LogP contribution is -2.48. The third-order valence-electron chi connectivity index (χ3n) is 4.91. The molecule has 1 unspecified atom stereocenters. The molecule has 0 amide bonds. The molecule has 1 aliphatic rings. The quantitative estimate of drug-likeness (QED) is 0.498. The first-order chi connectivity index (χ1) is 12.5.